The van der Waals surface area contributed by atoms with E-state index in [0.717, 1.165) is 42.5 Å². The number of benzene rings is 2. The number of aliphatic hydroxyl groups excluding tert-OH is 1. The van der Waals surface area contributed by atoms with Crippen LogP contribution in [0.3, 0.4) is 0 Å². The fourth-order valence-corrected chi connectivity index (χ4v) is 6.77. The second-order valence-corrected chi connectivity index (χ2v) is 11.9. The lowest BCUT2D eigenvalue weighted by atomic mass is 9.74. The van der Waals surface area contributed by atoms with E-state index in [9.17, 15) is 13.5 Å². The molecule has 182 valence electrons. The number of fused-ring (bicyclic) bond motifs is 1. The van der Waals surface area contributed by atoms with Gasteiger partial charge in [0.05, 0.1) is 12.4 Å². The Bertz CT molecular complexity index is 1100. The third kappa shape index (κ3) is 5.72. The average Bonchev–Trinajstić information content (AvgIpc) is 2.79. The van der Waals surface area contributed by atoms with Gasteiger partial charge in [-0.15, -0.1) is 0 Å². The zero-order valence-corrected chi connectivity index (χ0v) is 21.0. The van der Waals surface area contributed by atoms with Crippen molar-refractivity contribution >= 4 is 10.0 Å². The number of hydrogen-bond donors (Lipinski definition) is 1. The number of aliphatic hydroxyl groups is 1. The summed E-state index contributed by atoms with van der Waals surface area (Å²) in [6, 6.07) is 17.8. The van der Waals surface area contributed by atoms with Gasteiger partial charge in [0, 0.05) is 43.1 Å². The number of hydrogen-bond acceptors (Lipinski definition) is 4. The standard InChI is InChI=1S/C28H36N2O3S/c1-22(2)9-8-12-23-13-15-25(16-14-23)28-26-19-29(17-6-7-18-30(26)27(28)20-31)34(32,33)21-24-10-4-3-5-11-24/h3-5,10-11,13-16,22,26-28,31H,6-7,9,17-21H2,1-2H3/t26-,27-,28-/m0/s1. The molecule has 0 radical (unpaired) electrons. The molecular formula is C28H36N2O3S. The summed E-state index contributed by atoms with van der Waals surface area (Å²) in [6.45, 7) is 6.32. The first-order valence-electron chi connectivity index (χ1n) is 12.4. The van der Waals surface area contributed by atoms with E-state index < -0.39 is 10.0 Å². The summed E-state index contributed by atoms with van der Waals surface area (Å²) in [5.74, 6) is 7.15. The quantitative estimate of drug-likeness (QED) is 0.639. The van der Waals surface area contributed by atoms with E-state index >= 15 is 0 Å². The van der Waals surface area contributed by atoms with Crippen LogP contribution in [0.1, 0.15) is 55.7 Å². The zero-order chi connectivity index (χ0) is 24.1. The van der Waals surface area contributed by atoms with Crippen molar-refractivity contribution in [1.29, 1.82) is 0 Å². The van der Waals surface area contributed by atoms with E-state index in [1.165, 1.54) is 0 Å². The SMILES string of the molecule is CC(C)CC#Cc1ccc([C@@H]2[C@H](CO)N3CCCCN(S(=O)(=O)Cc4ccccc4)C[C@@H]23)cc1. The molecule has 4 rings (SSSR count). The molecule has 6 heteroatoms. The Balaban J connectivity index is 1.53. The second kappa shape index (κ2) is 11.0. The smallest absolute Gasteiger partial charge is 0.218 e. The van der Waals surface area contributed by atoms with Crippen molar-refractivity contribution in [3.05, 3.63) is 71.3 Å². The van der Waals surface area contributed by atoms with Gasteiger partial charge in [-0.3, -0.25) is 4.90 Å². The van der Waals surface area contributed by atoms with Crippen LogP contribution in [0.15, 0.2) is 54.6 Å². The maximum Gasteiger partial charge on any atom is 0.218 e. The maximum atomic E-state index is 13.3. The lowest BCUT2D eigenvalue weighted by Gasteiger charge is -2.57. The Kier molecular flexibility index (Phi) is 8.10. The van der Waals surface area contributed by atoms with Gasteiger partial charge < -0.3 is 5.11 Å². The first-order chi connectivity index (χ1) is 16.4. The van der Waals surface area contributed by atoms with E-state index in [-0.39, 0.29) is 30.4 Å². The second-order valence-electron chi connectivity index (χ2n) is 9.91. The monoisotopic (exact) mass is 480 g/mol. The fourth-order valence-electron chi connectivity index (χ4n) is 5.18. The minimum absolute atomic E-state index is 0.0262. The van der Waals surface area contributed by atoms with Gasteiger partial charge in [-0.25, -0.2) is 12.7 Å². The summed E-state index contributed by atoms with van der Waals surface area (Å²) in [5.41, 5.74) is 2.95. The topological polar surface area (TPSA) is 60.9 Å². The Morgan fingerprint density at radius 2 is 1.74 bits per heavy atom. The summed E-state index contributed by atoms with van der Waals surface area (Å²) >= 11 is 0. The molecule has 2 aliphatic rings. The molecule has 2 heterocycles. The number of rotatable bonds is 6. The van der Waals surface area contributed by atoms with Crippen molar-refractivity contribution in [2.75, 3.05) is 26.2 Å². The predicted molar refractivity (Wildman–Crippen MR) is 137 cm³/mol. The van der Waals surface area contributed by atoms with Gasteiger partial charge in [0.1, 0.15) is 0 Å². The molecule has 0 bridgehead atoms. The van der Waals surface area contributed by atoms with E-state index in [0.29, 0.717) is 19.0 Å². The normalized spacial score (nSPS) is 23.8. The lowest BCUT2D eigenvalue weighted by Crippen LogP contribution is -2.67. The molecule has 34 heavy (non-hydrogen) atoms. The third-order valence-corrected chi connectivity index (χ3v) is 8.77. The number of sulfonamides is 1. The Morgan fingerprint density at radius 1 is 1.03 bits per heavy atom. The van der Waals surface area contributed by atoms with Gasteiger partial charge in [-0.1, -0.05) is 68.2 Å². The minimum Gasteiger partial charge on any atom is -0.395 e. The largest absolute Gasteiger partial charge is 0.395 e. The van der Waals surface area contributed by atoms with Gasteiger partial charge in [0.25, 0.3) is 0 Å². The summed E-state index contributed by atoms with van der Waals surface area (Å²) in [5, 5.41) is 10.2. The molecule has 0 amide bonds. The zero-order valence-electron chi connectivity index (χ0n) is 20.2. The molecule has 2 fully saturated rings. The van der Waals surface area contributed by atoms with Crippen molar-refractivity contribution in [3.8, 4) is 11.8 Å². The van der Waals surface area contributed by atoms with Crippen molar-refractivity contribution in [3.63, 3.8) is 0 Å². The van der Waals surface area contributed by atoms with E-state index in [4.69, 9.17) is 0 Å². The molecular weight excluding hydrogens is 444 g/mol. The molecule has 1 N–H and O–H groups in total. The Labute approximate surface area is 204 Å². The van der Waals surface area contributed by atoms with E-state index in [2.05, 4.69) is 42.7 Å². The lowest BCUT2D eigenvalue weighted by molar-refractivity contribution is -0.0554. The molecule has 3 atom stereocenters. The molecule has 2 saturated heterocycles. The Hall–Kier alpha value is -2.17. The van der Waals surface area contributed by atoms with Crippen LogP contribution < -0.4 is 0 Å². The Morgan fingerprint density at radius 3 is 2.41 bits per heavy atom. The van der Waals surface area contributed by atoms with Crippen LogP contribution in [0.4, 0.5) is 0 Å². The molecule has 0 aliphatic carbocycles. The first kappa shape index (κ1) is 24.9. The molecule has 5 nitrogen and oxygen atoms in total. The fraction of sp³-hybridized carbons (Fsp3) is 0.500. The molecule has 0 aromatic heterocycles. The van der Waals surface area contributed by atoms with Gasteiger partial charge in [-0.05, 0) is 48.6 Å². The van der Waals surface area contributed by atoms with E-state index in [1.54, 1.807) is 4.31 Å². The summed E-state index contributed by atoms with van der Waals surface area (Å²) in [6.07, 6.45) is 2.65. The van der Waals surface area contributed by atoms with Crippen LogP contribution >= 0.6 is 0 Å². The maximum absolute atomic E-state index is 13.3. The van der Waals surface area contributed by atoms with Gasteiger partial charge in [-0.2, -0.15) is 0 Å². The van der Waals surface area contributed by atoms with Crippen molar-refractivity contribution < 1.29 is 13.5 Å². The van der Waals surface area contributed by atoms with Crippen LogP contribution in [0.25, 0.3) is 0 Å². The summed E-state index contributed by atoms with van der Waals surface area (Å²) < 4.78 is 28.3. The van der Waals surface area contributed by atoms with Crippen LogP contribution in [-0.2, 0) is 15.8 Å². The van der Waals surface area contributed by atoms with E-state index in [1.807, 2.05) is 42.5 Å². The van der Waals surface area contributed by atoms with Crippen molar-refractivity contribution in [2.24, 2.45) is 5.92 Å². The highest BCUT2D eigenvalue weighted by molar-refractivity contribution is 7.88. The minimum atomic E-state index is -3.43. The molecule has 0 saturated carbocycles. The highest BCUT2D eigenvalue weighted by Gasteiger charge is 2.50. The highest BCUT2D eigenvalue weighted by atomic mass is 32.2. The predicted octanol–water partition coefficient (Wildman–Crippen LogP) is 3.84. The molecule has 0 spiro atoms. The first-order valence-corrected chi connectivity index (χ1v) is 14.0. The van der Waals surface area contributed by atoms with Crippen molar-refractivity contribution in [2.45, 2.75) is 56.9 Å². The van der Waals surface area contributed by atoms with Gasteiger partial charge in [0.15, 0.2) is 0 Å². The van der Waals surface area contributed by atoms with Crippen LogP contribution in [0, 0.1) is 17.8 Å². The third-order valence-electron chi connectivity index (χ3n) is 6.96. The van der Waals surface area contributed by atoms with Gasteiger partial charge >= 0.3 is 0 Å². The average molecular weight is 481 g/mol. The summed E-state index contributed by atoms with van der Waals surface area (Å²) in [4.78, 5) is 2.31. The summed E-state index contributed by atoms with van der Waals surface area (Å²) in [7, 11) is -3.43. The molecule has 2 aromatic carbocycles. The number of nitrogens with zero attached hydrogens (tertiary/aromatic N) is 2. The van der Waals surface area contributed by atoms with Gasteiger partial charge in [0.2, 0.25) is 10.0 Å². The van der Waals surface area contributed by atoms with Crippen LogP contribution in [0.2, 0.25) is 0 Å². The molecule has 2 aliphatic heterocycles. The highest BCUT2D eigenvalue weighted by Crippen LogP contribution is 2.42. The molecule has 2 aromatic rings. The molecule has 0 unspecified atom stereocenters. The van der Waals surface area contributed by atoms with Crippen LogP contribution in [0.5, 0.6) is 0 Å². The van der Waals surface area contributed by atoms with Crippen molar-refractivity contribution in [1.82, 2.24) is 9.21 Å². The van der Waals surface area contributed by atoms with Crippen LogP contribution in [-0.4, -0.2) is 61.1 Å².